The predicted molar refractivity (Wildman–Crippen MR) is 57.1 cm³/mol. The van der Waals surface area contributed by atoms with Gasteiger partial charge >= 0.3 is 0 Å². The van der Waals surface area contributed by atoms with E-state index in [-0.39, 0.29) is 16.9 Å². The van der Waals surface area contributed by atoms with E-state index in [1.165, 1.54) is 32.4 Å². The minimum atomic E-state index is -0.655. The zero-order valence-corrected chi connectivity index (χ0v) is 9.31. The third-order valence-electron chi connectivity index (χ3n) is 1.89. The molecule has 0 saturated carbocycles. The summed E-state index contributed by atoms with van der Waals surface area (Å²) in [5.74, 6) is -1.44. The highest BCUT2D eigenvalue weighted by molar-refractivity contribution is 6.00. The number of aromatic hydroxyl groups is 1. The smallest absolute Gasteiger partial charge is 0.278 e. The predicted octanol–water partition coefficient (Wildman–Crippen LogP) is -0.0254. The molecule has 92 valence electrons. The fourth-order valence-electron chi connectivity index (χ4n) is 1.16. The standard InChI is InChI=1S/C10H12N2O5/c1-16-11-9(14)6-3-4-8(13)7(5-6)10(15)12-17-2/h3-5,13H,1-2H3,(H,11,14)(H,12,15). The normalized spacial score (nSPS) is 9.76. The van der Waals surface area contributed by atoms with Crippen molar-refractivity contribution >= 4 is 11.8 Å². The lowest BCUT2D eigenvalue weighted by Gasteiger charge is -2.07. The molecule has 1 aromatic rings. The number of carbonyl (C=O) groups is 2. The number of hydrogen-bond donors (Lipinski definition) is 3. The lowest BCUT2D eigenvalue weighted by Crippen LogP contribution is -2.24. The molecule has 1 aromatic carbocycles. The van der Waals surface area contributed by atoms with Crippen LogP contribution in [0.5, 0.6) is 5.75 Å². The Bertz CT molecular complexity index is 433. The SMILES string of the molecule is CONC(=O)c1ccc(O)c(C(=O)NOC)c1. The maximum Gasteiger partial charge on any atom is 0.278 e. The van der Waals surface area contributed by atoms with E-state index in [9.17, 15) is 14.7 Å². The van der Waals surface area contributed by atoms with E-state index in [1.807, 2.05) is 5.48 Å². The molecule has 0 aliphatic carbocycles. The molecule has 0 aliphatic heterocycles. The lowest BCUT2D eigenvalue weighted by molar-refractivity contribution is 0.0532. The number of nitrogens with one attached hydrogen (secondary N) is 2. The summed E-state index contributed by atoms with van der Waals surface area (Å²) in [6.45, 7) is 0. The topological polar surface area (TPSA) is 96.9 Å². The van der Waals surface area contributed by atoms with Gasteiger partial charge in [0.1, 0.15) is 5.75 Å². The van der Waals surface area contributed by atoms with Crippen LogP contribution in [0.2, 0.25) is 0 Å². The van der Waals surface area contributed by atoms with Gasteiger partial charge < -0.3 is 5.11 Å². The average molecular weight is 240 g/mol. The molecule has 0 radical (unpaired) electrons. The fourth-order valence-corrected chi connectivity index (χ4v) is 1.16. The lowest BCUT2D eigenvalue weighted by atomic mass is 10.1. The molecule has 0 heterocycles. The Kier molecular flexibility index (Phi) is 4.44. The molecule has 0 spiro atoms. The van der Waals surface area contributed by atoms with Crippen LogP contribution in [-0.4, -0.2) is 31.1 Å². The molecule has 0 aliphatic rings. The van der Waals surface area contributed by atoms with E-state index in [2.05, 4.69) is 15.2 Å². The number of amides is 2. The van der Waals surface area contributed by atoms with Gasteiger partial charge in [-0.15, -0.1) is 0 Å². The summed E-state index contributed by atoms with van der Waals surface area (Å²) in [5, 5.41) is 9.46. The summed E-state index contributed by atoms with van der Waals surface area (Å²) < 4.78 is 0. The molecule has 17 heavy (non-hydrogen) atoms. The molecular weight excluding hydrogens is 228 g/mol. The second-order valence-electron chi connectivity index (χ2n) is 3.00. The highest BCUT2D eigenvalue weighted by atomic mass is 16.6. The van der Waals surface area contributed by atoms with Crippen molar-refractivity contribution in [2.45, 2.75) is 0 Å². The van der Waals surface area contributed by atoms with Crippen molar-refractivity contribution in [3.63, 3.8) is 0 Å². The molecule has 2 amide bonds. The number of benzene rings is 1. The van der Waals surface area contributed by atoms with Crippen LogP contribution in [0.15, 0.2) is 18.2 Å². The van der Waals surface area contributed by atoms with E-state index in [0.717, 1.165) is 0 Å². The van der Waals surface area contributed by atoms with E-state index < -0.39 is 11.8 Å². The van der Waals surface area contributed by atoms with Crippen LogP contribution < -0.4 is 11.0 Å². The number of hydroxylamine groups is 2. The van der Waals surface area contributed by atoms with Gasteiger partial charge in [0.2, 0.25) is 0 Å². The van der Waals surface area contributed by atoms with Crippen LogP contribution in [0, 0.1) is 0 Å². The summed E-state index contributed by atoms with van der Waals surface area (Å²) in [6, 6.07) is 3.81. The van der Waals surface area contributed by atoms with Crippen LogP contribution in [-0.2, 0) is 9.68 Å². The van der Waals surface area contributed by atoms with Crippen LogP contribution in [0.3, 0.4) is 0 Å². The Labute approximate surface area is 97.2 Å². The first-order chi connectivity index (χ1) is 8.10. The average Bonchev–Trinajstić information content (AvgIpc) is 2.30. The van der Waals surface area contributed by atoms with Crippen molar-refractivity contribution in [1.82, 2.24) is 11.0 Å². The molecule has 0 bridgehead atoms. The molecule has 0 aromatic heterocycles. The molecule has 7 nitrogen and oxygen atoms in total. The highest BCUT2D eigenvalue weighted by Crippen LogP contribution is 2.18. The Hall–Kier alpha value is -2.12. The van der Waals surface area contributed by atoms with Gasteiger partial charge in [-0.3, -0.25) is 19.3 Å². The highest BCUT2D eigenvalue weighted by Gasteiger charge is 2.14. The Morgan fingerprint density at radius 1 is 1.12 bits per heavy atom. The molecule has 0 atom stereocenters. The number of phenolic OH excluding ortho intramolecular Hbond substituents is 1. The molecule has 0 fully saturated rings. The summed E-state index contributed by atoms with van der Waals surface area (Å²) >= 11 is 0. The van der Waals surface area contributed by atoms with Crippen molar-refractivity contribution in [1.29, 1.82) is 0 Å². The van der Waals surface area contributed by atoms with Crippen molar-refractivity contribution in [2.24, 2.45) is 0 Å². The fraction of sp³-hybridized carbons (Fsp3) is 0.200. The van der Waals surface area contributed by atoms with Gasteiger partial charge in [-0.1, -0.05) is 0 Å². The van der Waals surface area contributed by atoms with Crippen LogP contribution >= 0.6 is 0 Å². The molecule has 1 rings (SSSR count). The summed E-state index contributed by atoms with van der Waals surface area (Å²) in [5.41, 5.74) is 4.23. The van der Waals surface area contributed by atoms with Crippen molar-refractivity contribution in [3.05, 3.63) is 29.3 Å². The van der Waals surface area contributed by atoms with Crippen molar-refractivity contribution < 1.29 is 24.4 Å². The first kappa shape index (κ1) is 12.9. The van der Waals surface area contributed by atoms with Crippen LogP contribution in [0.4, 0.5) is 0 Å². The van der Waals surface area contributed by atoms with Crippen LogP contribution in [0.1, 0.15) is 20.7 Å². The third-order valence-corrected chi connectivity index (χ3v) is 1.89. The molecule has 7 heteroatoms. The van der Waals surface area contributed by atoms with E-state index in [4.69, 9.17) is 0 Å². The maximum atomic E-state index is 11.4. The number of rotatable bonds is 4. The second-order valence-corrected chi connectivity index (χ2v) is 3.00. The molecule has 3 N–H and O–H groups in total. The van der Waals surface area contributed by atoms with E-state index in [1.54, 1.807) is 0 Å². The first-order valence-corrected chi connectivity index (χ1v) is 4.59. The Morgan fingerprint density at radius 3 is 2.29 bits per heavy atom. The van der Waals surface area contributed by atoms with Gasteiger partial charge in [0.05, 0.1) is 19.8 Å². The quantitative estimate of drug-likeness (QED) is 0.642. The van der Waals surface area contributed by atoms with Gasteiger partial charge in [0.15, 0.2) is 0 Å². The van der Waals surface area contributed by atoms with Gasteiger partial charge in [-0.25, -0.2) is 11.0 Å². The van der Waals surface area contributed by atoms with E-state index in [0.29, 0.717) is 0 Å². The minimum absolute atomic E-state index is 0.0735. The molecule has 0 saturated heterocycles. The minimum Gasteiger partial charge on any atom is -0.507 e. The van der Waals surface area contributed by atoms with Gasteiger partial charge in [0, 0.05) is 5.56 Å². The summed E-state index contributed by atoms with van der Waals surface area (Å²) in [6.07, 6.45) is 0. The zero-order chi connectivity index (χ0) is 12.8. The first-order valence-electron chi connectivity index (χ1n) is 4.59. The number of hydrogen-bond acceptors (Lipinski definition) is 5. The van der Waals surface area contributed by atoms with Gasteiger partial charge in [-0.05, 0) is 18.2 Å². The summed E-state index contributed by atoms with van der Waals surface area (Å²) in [4.78, 5) is 31.7. The Morgan fingerprint density at radius 2 is 1.71 bits per heavy atom. The van der Waals surface area contributed by atoms with Crippen molar-refractivity contribution in [3.8, 4) is 5.75 Å². The Balaban J connectivity index is 3.02. The zero-order valence-electron chi connectivity index (χ0n) is 9.31. The monoisotopic (exact) mass is 240 g/mol. The molecule has 0 unspecified atom stereocenters. The van der Waals surface area contributed by atoms with Crippen molar-refractivity contribution in [2.75, 3.05) is 14.2 Å². The maximum absolute atomic E-state index is 11.4. The summed E-state index contributed by atoms with van der Waals surface area (Å²) in [7, 11) is 2.55. The third kappa shape index (κ3) is 3.16. The van der Waals surface area contributed by atoms with E-state index >= 15 is 0 Å². The van der Waals surface area contributed by atoms with Gasteiger partial charge in [0.25, 0.3) is 11.8 Å². The van der Waals surface area contributed by atoms with Crippen LogP contribution in [0.25, 0.3) is 0 Å². The number of carbonyl (C=O) groups excluding carboxylic acids is 2. The molecular formula is C10H12N2O5. The second kappa shape index (κ2) is 5.83. The largest absolute Gasteiger partial charge is 0.507 e. The number of phenols is 1. The van der Waals surface area contributed by atoms with Gasteiger partial charge in [-0.2, -0.15) is 0 Å².